The van der Waals surface area contributed by atoms with Crippen molar-refractivity contribution >= 4 is 33.3 Å². The van der Waals surface area contributed by atoms with Crippen molar-refractivity contribution in [2.24, 2.45) is 5.92 Å². The fourth-order valence-electron chi connectivity index (χ4n) is 4.21. The fraction of sp³-hybridized carbons (Fsp3) is 0.417. The molecule has 1 unspecified atom stereocenters. The van der Waals surface area contributed by atoms with Crippen LogP contribution in [0.15, 0.2) is 44.7 Å². The molecule has 32 heavy (non-hydrogen) atoms. The lowest BCUT2D eigenvalue weighted by Crippen LogP contribution is -2.25. The Morgan fingerprint density at radius 1 is 1.22 bits per heavy atom. The number of aryl methyl sites for hydroxylation is 3. The van der Waals surface area contributed by atoms with E-state index < -0.39 is 0 Å². The average Bonchev–Trinajstić information content (AvgIpc) is 3.41. The molecule has 0 radical (unpaired) electrons. The third kappa shape index (κ3) is 4.26. The van der Waals surface area contributed by atoms with Crippen LogP contribution in [-0.4, -0.2) is 19.7 Å². The van der Waals surface area contributed by atoms with Gasteiger partial charge in [-0.05, 0) is 42.7 Å². The van der Waals surface area contributed by atoms with Crippen LogP contribution in [0.25, 0.3) is 10.2 Å². The first kappa shape index (κ1) is 21.4. The second kappa shape index (κ2) is 9.19. The van der Waals surface area contributed by atoms with Gasteiger partial charge in [0.15, 0.2) is 5.16 Å². The molecule has 1 atom stereocenters. The molecule has 1 aliphatic carbocycles. The number of thiophene rings is 1. The number of hydrogen-bond donors (Lipinski definition) is 0. The second-order valence-electron chi connectivity index (χ2n) is 8.35. The van der Waals surface area contributed by atoms with Crippen molar-refractivity contribution in [2.45, 2.75) is 63.4 Å². The van der Waals surface area contributed by atoms with Crippen molar-refractivity contribution in [1.29, 1.82) is 0 Å². The third-order valence-corrected chi connectivity index (χ3v) is 8.09. The highest BCUT2D eigenvalue weighted by Crippen LogP contribution is 2.36. The Morgan fingerprint density at radius 3 is 2.81 bits per heavy atom. The Kier molecular flexibility index (Phi) is 6.15. The van der Waals surface area contributed by atoms with Crippen molar-refractivity contribution in [1.82, 2.24) is 19.7 Å². The number of benzene rings is 1. The maximum Gasteiger partial charge on any atom is 0.263 e. The van der Waals surface area contributed by atoms with Gasteiger partial charge in [0.2, 0.25) is 11.8 Å². The molecule has 5 rings (SSSR count). The fourth-order valence-corrected chi connectivity index (χ4v) is 6.50. The SMILES string of the molecule is CCc1nnc(CSc2nc3sc4c(c3c(=O)n2CCc2ccccc2)CCC(C)C4)o1. The standard InChI is InChI=1S/C24H26N4O2S2/c1-3-19-26-27-20(30-19)14-31-24-25-22-21(17-10-9-15(2)13-18(17)32-22)23(29)28(24)12-11-16-7-5-4-6-8-16/h4-8,15H,3,9-14H2,1-2H3. The van der Waals surface area contributed by atoms with E-state index in [1.54, 1.807) is 11.3 Å². The first-order chi connectivity index (χ1) is 15.6. The minimum atomic E-state index is 0.0836. The minimum Gasteiger partial charge on any atom is -0.424 e. The molecule has 0 N–H and O–H groups in total. The lowest BCUT2D eigenvalue weighted by molar-refractivity contribution is 0.469. The molecular weight excluding hydrogens is 440 g/mol. The van der Waals surface area contributed by atoms with Crippen LogP contribution < -0.4 is 5.56 Å². The summed E-state index contributed by atoms with van der Waals surface area (Å²) in [5.74, 6) is 2.36. The lowest BCUT2D eigenvalue weighted by atomic mass is 9.89. The Morgan fingerprint density at radius 2 is 2.03 bits per heavy atom. The molecule has 166 valence electrons. The van der Waals surface area contributed by atoms with Gasteiger partial charge in [0, 0.05) is 17.8 Å². The maximum atomic E-state index is 13.7. The number of rotatable bonds is 7. The summed E-state index contributed by atoms with van der Waals surface area (Å²) in [6.45, 7) is 4.87. The average molecular weight is 467 g/mol. The first-order valence-corrected chi connectivity index (χ1v) is 13.0. The number of hydrogen-bond acceptors (Lipinski definition) is 7. The molecule has 0 saturated heterocycles. The zero-order chi connectivity index (χ0) is 22.1. The number of aromatic nitrogens is 4. The molecule has 0 amide bonds. The molecule has 1 aromatic carbocycles. The van der Waals surface area contributed by atoms with Crippen LogP contribution in [0.5, 0.6) is 0 Å². The van der Waals surface area contributed by atoms with Crippen LogP contribution in [-0.2, 0) is 38.0 Å². The highest BCUT2D eigenvalue weighted by atomic mass is 32.2. The zero-order valence-corrected chi connectivity index (χ0v) is 20.0. The van der Waals surface area contributed by atoms with Gasteiger partial charge in [0.25, 0.3) is 5.56 Å². The Hall–Kier alpha value is -2.45. The maximum absolute atomic E-state index is 13.7. The molecule has 0 aliphatic heterocycles. The number of nitrogens with zero attached hydrogens (tertiary/aromatic N) is 4. The van der Waals surface area contributed by atoms with E-state index in [-0.39, 0.29) is 5.56 Å². The summed E-state index contributed by atoms with van der Waals surface area (Å²) in [4.78, 5) is 20.9. The smallest absolute Gasteiger partial charge is 0.263 e. The van der Waals surface area contributed by atoms with E-state index >= 15 is 0 Å². The minimum absolute atomic E-state index is 0.0836. The van der Waals surface area contributed by atoms with Crippen LogP contribution in [0.4, 0.5) is 0 Å². The summed E-state index contributed by atoms with van der Waals surface area (Å²) in [6.07, 6.45) is 4.65. The van der Waals surface area contributed by atoms with Gasteiger partial charge in [-0.25, -0.2) is 4.98 Å². The Balaban J connectivity index is 1.52. The number of thioether (sulfide) groups is 1. The van der Waals surface area contributed by atoms with E-state index in [1.807, 2.05) is 29.7 Å². The molecule has 1 aliphatic rings. The summed E-state index contributed by atoms with van der Waals surface area (Å²) < 4.78 is 7.51. The largest absolute Gasteiger partial charge is 0.424 e. The van der Waals surface area contributed by atoms with Crippen LogP contribution in [0, 0.1) is 5.92 Å². The highest BCUT2D eigenvalue weighted by molar-refractivity contribution is 7.98. The van der Waals surface area contributed by atoms with Gasteiger partial charge < -0.3 is 4.42 Å². The predicted octanol–water partition coefficient (Wildman–Crippen LogP) is 5.06. The molecule has 0 bridgehead atoms. The summed E-state index contributed by atoms with van der Waals surface area (Å²) in [7, 11) is 0. The summed E-state index contributed by atoms with van der Waals surface area (Å²) >= 11 is 3.19. The van der Waals surface area contributed by atoms with E-state index in [1.165, 1.54) is 27.8 Å². The normalized spacial score (nSPS) is 15.9. The van der Waals surface area contributed by atoms with Gasteiger partial charge in [-0.2, -0.15) is 0 Å². The predicted molar refractivity (Wildman–Crippen MR) is 128 cm³/mol. The first-order valence-electron chi connectivity index (χ1n) is 11.2. The van der Waals surface area contributed by atoms with Crippen molar-refractivity contribution in [3.63, 3.8) is 0 Å². The molecule has 0 spiro atoms. The van der Waals surface area contributed by atoms with Gasteiger partial charge in [0.05, 0.1) is 11.1 Å². The van der Waals surface area contributed by atoms with Crippen LogP contribution in [0.3, 0.4) is 0 Å². The molecular formula is C24H26N4O2S2. The molecule has 0 saturated carbocycles. The monoisotopic (exact) mass is 466 g/mol. The van der Waals surface area contributed by atoms with E-state index in [2.05, 4.69) is 29.3 Å². The van der Waals surface area contributed by atoms with Gasteiger partial charge in [-0.3, -0.25) is 9.36 Å². The summed E-state index contributed by atoms with van der Waals surface area (Å²) in [5.41, 5.74) is 2.52. The van der Waals surface area contributed by atoms with Crippen molar-refractivity contribution in [3.05, 3.63) is 68.5 Å². The third-order valence-electron chi connectivity index (χ3n) is 5.98. The van der Waals surface area contributed by atoms with Gasteiger partial charge >= 0.3 is 0 Å². The molecule has 6 nitrogen and oxygen atoms in total. The molecule has 0 fully saturated rings. The van der Waals surface area contributed by atoms with E-state index in [0.29, 0.717) is 36.4 Å². The van der Waals surface area contributed by atoms with Crippen molar-refractivity contribution < 1.29 is 4.42 Å². The molecule has 8 heteroatoms. The van der Waals surface area contributed by atoms with Gasteiger partial charge in [-0.15, -0.1) is 21.5 Å². The van der Waals surface area contributed by atoms with Gasteiger partial charge in [0.1, 0.15) is 4.83 Å². The molecule has 3 aromatic heterocycles. The molecule has 3 heterocycles. The highest BCUT2D eigenvalue weighted by Gasteiger charge is 2.25. The van der Waals surface area contributed by atoms with Crippen LogP contribution in [0.1, 0.15) is 48.1 Å². The Bertz CT molecular complexity index is 1290. The van der Waals surface area contributed by atoms with E-state index in [0.717, 1.165) is 41.1 Å². The van der Waals surface area contributed by atoms with E-state index in [9.17, 15) is 4.79 Å². The van der Waals surface area contributed by atoms with Crippen LogP contribution >= 0.6 is 23.1 Å². The van der Waals surface area contributed by atoms with Crippen molar-refractivity contribution in [3.8, 4) is 0 Å². The zero-order valence-electron chi connectivity index (χ0n) is 18.3. The second-order valence-corrected chi connectivity index (χ2v) is 10.4. The van der Waals surface area contributed by atoms with Crippen LogP contribution in [0.2, 0.25) is 0 Å². The summed E-state index contributed by atoms with van der Waals surface area (Å²) in [6, 6.07) is 10.3. The van der Waals surface area contributed by atoms with E-state index in [4.69, 9.17) is 9.40 Å². The Labute approximate surface area is 195 Å². The lowest BCUT2D eigenvalue weighted by Gasteiger charge is -2.17. The van der Waals surface area contributed by atoms with Crippen molar-refractivity contribution in [2.75, 3.05) is 0 Å². The molecule has 4 aromatic rings. The summed E-state index contributed by atoms with van der Waals surface area (Å²) in [5, 5.41) is 9.73. The quantitative estimate of drug-likeness (QED) is 0.280. The topological polar surface area (TPSA) is 73.8 Å². The van der Waals surface area contributed by atoms with Gasteiger partial charge in [-0.1, -0.05) is 55.9 Å². The number of fused-ring (bicyclic) bond motifs is 3.